The molecule has 1 saturated heterocycles. The van der Waals surface area contributed by atoms with Crippen molar-refractivity contribution in [2.75, 3.05) is 33.7 Å². The van der Waals surface area contributed by atoms with Gasteiger partial charge < -0.3 is 19.5 Å². The fourth-order valence-corrected chi connectivity index (χ4v) is 3.63. The van der Waals surface area contributed by atoms with Crippen molar-refractivity contribution in [1.29, 1.82) is 0 Å². The third-order valence-electron chi connectivity index (χ3n) is 4.69. The number of carbonyl (C=O) groups excluding carboxylic acids is 1. The molecular weight excluding hydrogens is 304 g/mol. The molecule has 0 bridgehead atoms. The average molecular weight is 330 g/mol. The quantitative estimate of drug-likeness (QED) is 0.897. The van der Waals surface area contributed by atoms with E-state index in [0.29, 0.717) is 39.0 Å². The monoisotopic (exact) mass is 330 g/mol. The van der Waals surface area contributed by atoms with Gasteiger partial charge >= 0.3 is 0 Å². The van der Waals surface area contributed by atoms with Crippen molar-refractivity contribution in [3.63, 3.8) is 0 Å². The fourth-order valence-electron chi connectivity index (χ4n) is 3.63. The first-order valence-corrected chi connectivity index (χ1v) is 8.45. The van der Waals surface area contributed by atoms with Gasteiger partial charge in [-0.1, -0.05) is 12.1 Å². The minimum atomic E-state index is -0.781. The smallest absolute Gasteiger partial charge is 0.224 e. The predicted octanol–water partition coefficient (Wildman–Crippen LogP) is 1.26. The molecule has 1 aliphatic rings. The highest BCUT2D eigenvalue weighted by Gasteiger charge is 2.38. The van der Waals surface area contributed by atoms with Gasteiger partial charge in [-0.15, -0.1) is 0 Å². The Morgan fingerprint density at radius 1 is 1.38 bits per heavy atom. The van der Waals surface area contributed by atoms with Crippen molar-refractivity contribution in [3.05, 3.63) is 30.1 Å². The van der Waals surface area contributed by atoms with Gasteiger partial charge in [0.25, 0.3) is 0 Å². The van der Waals surface area contributed by atoms with E-state index >= 15 is 0 Å². The zero-order valence-electron chi connectivity index (χ0n) is 14.7. The second kappa shape index (κ2) is 6.53. The topological polar surface area (TPSA) is 61.6 Å². The Bertz CT molecular complexity index is 740. The van der Waals surface area contributed by atoms with Crippen LogP contribution in [-0.2, 0) is 11.3 Å². The Morgan fingerprint density at radius 2 is 2.12 bits per heavy atom. The first-order valence-electron chi connectivity index (χ1n) is 8.45. The normalized spacial score (nSPS) is 21.1. The van der Waals surface area contributed by atoms with E-state index in [-0.39, 0.29) is 5.91 Å². The van der Waals surface area contributed by atoms with Gasteiger partial charge in [-0.05, 0) is 39.6 Å². The summed E-state index contributed by atoms with van der Waals surface area (Å²) >= 11 is 0. The van der Waals surface area contributed by atoms with Crippen LogP contribution >= 0.6 is 0 Å². The highest BCUT2D eigenvalue weighted by Crippen LogP contribution is 2.23. The fraction of sp³-hybridized carbons (Fsp3) is 0.556. The van der Waals surface area contributed by atoms with Crippen molar-refractivity contribution < 1.29 is 9.90 Å². The summed E-state index contributed by atoms with van der Waals surface area (Å²) in [5, 5.41) is 10.6. The highest BCUT2D eigenvalue weighted by atomic mass is 16.3. The van der Waals surface area contributed by atoms with Crippen LogP contribution in [-0.4, -0.2) is 69.7 Å². The van der Waals surface area contributed by atoms with E-state index in [0.717, 1.165) is 16.9 Å². The van der Waals surface area contributed by atoms with Crippen molar-refractivity contribution >= 4 is 16.9 Å². The number of fused-ring (bicyclic) bond motifs is 1. The number of carbonyl (C=O) groups is 1. The number of aryl methyl sites for hydroxylation is 2. The summed E-state index contributed by atoms with van der Waals surface area (Å²) in [6.07, 6.45) is 1.07. The summed E-state index contributed by atoms with van der Waals surface area (Å²) in [6, 6.07) is 7.98. The van der Waals surface area contributed by atoms with Gasteiger partial charge in [0.05, 0.1) is 23.2 Å². The molecule has 1 aromatic heterocycles. The van der Waals surface area contributed by atoms with Crippen LogP contribution < -0.4 is 0 Å². The second-order valence-corrected chi connectivity index (χ2v) is 7.08. The molecule has 0 aliphatic carbocycles. The molecule has 1 aliphatic heterocycles. The molecule has 6 nitrogen and oxygen atoms in total. The number of likely N-dealkylation sites (N-methyl/N-ethyl adjacent to an activating group) is 1. The minimum Gasteiger partial charge on any atom is -0.387 e. The Kier molecular flexibility index (Phi) is 4.60. The molecule has 24 heavy (non-hydrogen) atoms. The SMILES string of the molecule is Cc1nc2ccccc2n1CCC(=O)N1CCC(O)(CN(C)C)C1. The number of benzene rings is 1. The number of hydrogen-bond donors (Lipinski definition) is 1. The largest absolute Gasteiger partial charge is 0.387 e. The van der Waals surface area contributed by atoms with Crippen molar-refractivity contribution in [1.82, 2.24) is 19.4 Å². The molecular formula is C18H26N4O2. The summed E-state index contributed by atoms with van der Waals surface area (Å²) in [7, 11) is 3.88. The summed E-state index contributed by atoms with van der Waals surface area (Å²) in [6.45, 7) is 4.23. The first-order chi connectivity index (χ1) is 11.4. The molecule has 2 aromatic rings. The zero-order valence-corrected chi connectivity index (χ0v) is 14.7. The molecule has 1 aromatic carbocycles. The Balaban J connectivity index is 1.63. The molecule has 1 fully saturated rings. The lowest BCUT2D eigenvalue weighted by molar-refractivity contribution is -0.131. The van der Waals surface area contributed by atoms with Crippen LogP contribution in [0.4, 0.5) is 0 Å². The number of β-amino-alcohol motifs (C(OH)–C–C–N with tert-alkyl or cyclic N) is 1. The zero-order chi connectivity index (χ0) is 17.3. The van der Waals surface area contributed by atoms with Gasteiger partial charge in [0.2, 0.25) is 5.91 Å². The number of para-hydroxylation sites is 2. The molecule has 0 radical (unpaired) electrons. The molecule has 1 N–H and O–H groups in total. The number of likely N-dealkylation sites (tertiary alicyclic amines) is 1. The predicted molar refractivity (Wildman–Crippen MR) is 93.8 cm³/mol. The van der Waals surface area contributed by atoms with E-state index in [1.807, 2.05) is 50.2 Å². The van der Waals surface area contributed by atoms with Crippen molar-refractivity contribution in [2.45, 2.75) is 31.9 Å². The summed E-state index contributed by atoms with van der Waals surface area (Å²) in [5.74, 6) is 1.02. The van der Waals surface area contributed by atoms with E-state index in [1.165, 1.54) is 0 Å². The van der Waals surface area contributed by atoms with E-state index < -0.39 is 5.60 Å². The highest BCUT2D eigenvalue weighted by molar-refractivity contribution is 5.78. The number of amides is 1. The Labute approximate surface area is 142 Å². The number of rotatable bonds is 5. The van der Waals surface area contributed by atoms with Crippen LogP contribution in [0.2, 0.25) is 0 Å². The van der Waals surface area contributed by atoms with Gasteiger partial charge in [0.15, 0.2) is 0 Å². The second-order valence-electron chi connectivity index (χ2n) is 7.08. The van der Waals surface area contributed by atoms with E-state index in [1.54, 1.807) is 4.90 Å². The molecule has 6 heteroatoms. The minimum absolute atomic E-state index is 0.0989. The van der Waals surface area contributed by atoms with Gasteiger partial charge in [0, 0.05) is 26.1 Å². The maximum Gasteiger partial charge on any atom is 0.224 e. The van der Waals surface area contributed by atoms with Crippen LogP contribution in [0.1, 0.15) is 18.7 Å². The standard InChI is InChI=1S/C18H26N4O2/c1-14-19-15-6-4-5-7-16(15)22(14)10-8-17(23)21-11-9-18(24,13-21)12-20(2)3/h4-7,24H,8-13H2,1-3H3. The number of nitrogens with zero attached hydrogens (tertiary/aromatic N) is 4. The maximum atomic E-state index is 12.5. The molecule has 0 spiro atoms. The van der Waals surface area contributed by atoms with E-state index in [4.69, 9.17) is 0 Å². The Morgan fingerprint density at radius 3 is 2.88 bits per heavy atom. The third-order valence-corrected chi connectivity index (χ3v) is 4.69. The lowest BCUT2D eigenvalue weighted by Gasteiger charge is -2.26. The number of hydrogen-bond acceptors (Lipinski definition) is 4. The maximum absolute atomic E-state index is 12.5. The molecule has 3 rings (SSSR count). The molecule has 1 amide bonds. The average Bonchev–Trinajstić information content (AvgIpc) is 3.04. The van der Waals surface area contributed by atoms with Gasteiger partial charge in [-0.3, -0.25) is 4.79 Å². The lowest BCUT2D eigenvalue weighted by atomic mass is 10.0. The summed E-state index contributed by atoms with van der Waals surface area (Å²) in [4.78, 5) is 20.8. The molecule has 130 valence electrons. The molecule has 1 unspecified atom stereocenters. The van der Waals surface area contributed by atoms with Gasteiger partial charge in [-0.25, -0.2) is 4.98 Å². The van der Waals surface area contributed by atoms with Gasteiger partial charge in [0.1, 0.15) is 5.82 Å². The molecule has 2 heterocycles. The van der Waals surface area contributed by atoms with Gasteiger partial charge in [-0.2, -0.15) is 0 Å². The van der Waals surface area contributed by atoms with Crippen molar-refractivity contribution in [3.8, 4) is 0 Å². The molecule has 1 atom stereocenters. The van der Waals surface area contributed by atoms with E-state index in [2.05, 4.69) is 9.55 Å². The van der Waals surface area contributed by atoms with Crippen LogP contribution in [0.5, 0.6) is 0 Å². The molecule has 0 saturated carbocycles. The third kappa shape index (κ3) is 3.44. The number of aliphatic hydroxyl groups is 1. The summed E-state index contributed by atoms with van der Waals surface area (Å²) in [5.41, 5.74) is 1.24. The van der Waals surface area contributed by atoms with Crippen LogP contribution in [0.3, 0.4) is 0 Å². The number of aromatic nitrogens is 2. The lowest BCUT2D eigenvalue weighted by Crippen LogP contribution is -2.43. The Hall–Kier alpha value is -1.92. The van der Waals surface area contributed by atoms with Crippen molar-refractivity contribution in [2.24, 2.45) is 0 Å². The summed E-state index contributed by atoms with van der Waals surface area (Å²) < 4.78 is 2.09. The number of imidazole rings is 1. The van der Waals surface area contributed by atoms with Crippen LogP contribution in [0.15, 0.2) is 24.3 Å². The first kappa shape index (κ1) is 16.9. The van der Waals surface area contributed by atoms with Crippen LogP contribution in [0.25, 0.3) is 11.0 Å². The van der Waals surface area contributed by atoms with Crippen LogP contribution in [0, 0.1) is 6.92 Å². The van der Waals surface area contributed by atoms with E-state index in [9.17, 15) is 9.90 Å².